The lowest BCUT2D eigenvalue weighted by Gasteiger charge is -2.21. The van der Waals surface area contributed by atoms with Crippen molar-refractivity contribution in [3.63, 3.8) is 0 Å². The van der Waals surface area contributed by atoms with Crippen molar-refractivity contribution in [3.8, 4) is 0 Å². The number of sulfonamides is 1. The van der Waals surface area contributed by atoms with Crippen molar-refractivity contribution in [2.45, 2.75) is 38.8 Å². The standard InChI is InChI=1S/C32H32N4O7S/c1-4-42-32(39)25-11-13-26(14-12-25)34-30(37)31(38)35-33-19-27-15-16-28(43-27)21-36(20-24-9-5-22(2)6-10-24)44(40,41)29-17-7-23(3)8-18-29/h5-19H,4,20-21H2,1-3H3,(H,34,37)(H,35,38)/b33-19+. The number of nitrogens with zero attached hydrogens (tertiary/aromatic N) is 2. The van der Waals surface area contributed by atoms with Gasteiger partial charge in [-0.1, -0.05) is 47.5 Å². The van der Waals surface area contributed by atoms with Crippen LogP contribution in [0.15, 0.2) is 99.3 Å². The van der Waals surface area contributed by atoms with Gasteiger partial charge >= 0.3 is 17.8 Å². The highest BCUT2D eigenvalue weighted by Gasteiger charge is 2.26. The van der Waals surface area contributed by atoms with Crippen LogP contribution in [-0.4, -0.2) is 43.3 Å². The summed E-state index contributed by atoms with van der Waals surface area (Å²) in [7, 11) is -3.87. The van der Waals surface area contributed by atoms with E-state index >= 15 is 0 Å². The zero-order chi connectivity index (χ0) is 31.7. The number of esters is 1. The van der Waals surface area contributed by atoms with Crippen LogP contribution in [0.1, 0.15) is 45.5 Å². The van der Waals surface area contributed by atoms with E-state index in [0.717, 1.165) is 16.7 Å². The molecule has 0 unspecified atom stereocenters. The number of ether oxygens (including phenoxy) is 1. The molecule has 4 rings (SSSR count). The molecule has 0 atom stereocenters. The minimum absolute atomic E-state index is 0.0539. The third-order valence-corrected chi connectivity index (χ3v) is 8.18. The molecule has 228 valence electrons. The van der Waals surface area contributed by atoms with Crippen LogP contribution in [0, 0.1) is 13.8 Å². The molecule has 0 bridgehead atoms. The average molecular weight is 617 g/mol. The maximum absolute atomic E-state index is 13.6. The Morgan fingerprint density at radius 1 is 0.841 bits per heavy atom. The average Bonchev–Trinajstić information content (AvgIpc) is 3.45. The molecule has 0 fully saturated rings. The smallest absolute Gasteiger partial charge is 0.338 e. The van der Waals surface area contributed by atoms with Crippen molar-refractivity contribution in [2.75, 3.05) is 11.9 Å². The number of benzene rings is 3. The zero-order valence-corrected chi connectivity index (χ0v) is 25.3. The largest absolute Gasteiger partial charge is 0.462 e. The van der Waals surface area contributed by atoms with Crippen LogP contribution in [0.5, 0.6) is 0 Å². The minimum atomic E-state index is -3.87. The summed E-state index contributed by atoms with van der Waals surface area (Å²) in [4.78, 5) is 36.3. The number of carbonyl (C=O) groups is 3. The maximum atomic E-state index is 13.6. The van der Waals surface area contributed by atoms with E-state index in [0.29, 0.717) is 17.0 Å². The van der Waals surface area contributed by atoms with E-state index in [4.69, 9.17) is 9.15 Å². The van der Waals surface area contributed by atoms with Gasteiger partial charge in [-0.15, -0.1) is 0 Å². The molecule has 1 aromatic heterocycles. The number of aryl methyl sites for hydroxylation is 2. The summed E-state index contributed by atoms with van der Waals surface area (Å²) in [5, 5.41) is 6.17. The second-order valence-corrected chi connectivity index (χ2v) is 11.8. The molecule has 0 spiro atoms. The third-order valence-electron chi connectivity index (χ3n) is 6.37. The first-order chi connectivity index (χ1) is 21.0. The van der Waals surface area contributed by atoms with Gasteiger partial charge in [0.1, 0.15) is 11.5 Å². The molecule has 11 nitrogen and oxygen atoms in total. The predicted octanol–water partition coefficient (Wildman–Crippen LogP) is 4.55. The summed E-state index contributed by atoms with van der Waals surface area (Å²) in [6.45, 7) is 5.84. The van der Waals surface area contributed by atoms with Crippen LogP contribution in [0.25, 0.3) is 0 Å². The Bertz CT molecular complexity index is 1750. The summed E-state index contributed by atoms with van der Waals surface area (Å²) < 4.78 is 39.2. The van der Waals surface area contributed by atoms with Gasteiger partial charge in [0.05, 0.1) is 29.8 Å². The molecule has 2 N–H and O–H groups in total. The van der Waals surface area contributed by atoms with E-state index < -0.39 is 27.8 Å². The second kappa shape index (κ2) is 14.4. The Labute approximate surface area is 255 Å². The van der Waals surface area contributed by atoms with Crippen molar-refractivity contribution < 1.29 is 32.0 Å². The highest BCUT2D eigenvalue weighted by molar-refractivity contribution is 7.89. The van der Waals surface area contributed by atoms with Crippen LogP contribution >= 0.6 is 0 Å². The van der Waals surface area contributed by atoms with Crippen LogP contribution in [0.2, 0.25) is 0 Å². The van der Waals surface area contributed by atoms with Crippen molar-refractivity contribution in [2.24, 2.45) is 5.10 Å². The quantitative estimate of drug-likeness (QED) is 0.109. The van der Waals surface area contributed by atoms with E-state index in [9.17, 15) is 22.8 Å². The number of carbonyl (C=O) groups excluding carboxylic acids is 3. The first-order valence-corrected chi connectivity index (χ1v) is 15.1. The third kappa shape index (κ3) is 8.49. The molecule has 0 saturated heterocycles. The van der Waals surface area contributed by atoms with Gasteiger partial charge < -0.3 is 14.5 Å². The Morgan fingerprint density at radius 2 is 1.48 bits per heavy atom. The number of rotatable bonds is 11. The Hall–Kier alpha value is -5.07. The van der Waals surface area contributed by atoms with Gasteiger partial charge in [0.15, 0.2) is 0 Å². The molecule has 0 aliphatic carbocycles. The van der Waals surface area contributed by atoms with E-state index in [-0.39, 0.29) is 30.4 Å². The number of nitrogens with one attached hydrogen (secondary N) is 2. The fraction of sp³-hybridized carbons (Fsp3) is 0.188. The van der Waals surface area contributed by atoms with Crippen molar-refractivity contribution >= 4 is 39.7 Å². The molecule has 3 aromatic carbocycles. The Kier molecular flexibility index (Phi) is 10.4. The summed E-state index contributed by atoms with van der Waals surface area (Å²) >= 11 is 0. The van der Waals surface area contributed by atoms with Gasteiger partial charge in [0, 0.05) is 12.2 Å². The molecule has 0 aliphatic rings. The highest BCUT2D eigenvalue weighted by Crippen LogP contribution is 2.23. The van der Waals surface area contributed by atoms with Gasteiger partial charge in [-0.05, 0) is 74.9 Å². The zero-order valence-electron chi connectivity index (χ0n) is 24.4. The van der Waals surface area contributed by atoms with Gasteiger partial charge in [-0.2, -0.15) is 9.41 Å². The fourth-order valence-electron chi connectivity index (χ4n) is 4.00. The molecule has 4 aromatic rings. The Balaban J connectivity index is 1.39. The van der Waals surface area contributed by atoms with Gasteiger partial charge in [-0.25, -0.2) is 18.6 Å². The highest BCUT2D eigenvalue weighted by atomic mass is 32.2. The number of amides is 2. The number of hydrogen-bond acceptors (Lipinski definition) is 8. The first kappa shape index (κ1) is 31.9. The molecule has 0 aliphatic heterocycles. The van der Waals surface area contributed by atoms with Crippen LogP contribution in [0.4, 0.5) is 5.69 Å². The first-order valence-electron chi connectivity index (χ1n) is 13.7. The van der Waals surface area contributed by atoms with Crippen molar-refractivity contribution in [3.05, 3.63) is 119 Å². The van der Waals surface area contributed by atoms with Crippen molar-refractivity contribution in [1.82, 2.24) is 9.73 Å². The monoisotopic (exact) mass is 616 g/mol. The molecule has 44 heavy (non-hydrogen) atoms. The normalized spacial score (nSPS) is 11.5. The van der Waals surface area contributed by atoms with E-state index in [1.54, 1.807) is 43.3 Å². The summed E-state index contributed by atoms with van der Waals surface area (Å²) in [5.74, 6) is -1.91. The van der Waals surface area contributed by atoms with Crippen LogP contribution in [-0.2, 0) is 37.4 Å². The SMILES string of the molecule is CCOC(=O)c1ccc(NC(=O)C(=O)N/N=C/c2ccc(CN(Cc3ccc(C)cc3)S(=O)(=O)c3ccc(C)cc3)o2)cc1. The number of hydrazone groups is 1. The molecule has 0 saturated carbocycles. The fourth-order valence-corrected chi connectivity index (χ4v) is 5.40. The minimum Gasteiger partial charge on any atom is -0.462 e. The van der Waals surface area contributed by atoms with Crippen LogP contribution in [0.3, 0.4) is 0 Å². The number of anilines is 1. The van der Waals surface area contributed by atoms with Crippen molar-refractivity contribution in [1.29, 1.82) is 0 Å². The van der Waals surface area contributed by atoms with Gasteiger partial charge in [0.2, 0.25) is 10.0 Å². The lowest BCUT2D eigenvalue weighted by atomic mass is 10.1. The maximum Gasteiger partial charge on any atom is 0.338 e. The molecular formula is C32H32N4O7S. The summed E-state index contributed by atoms with van der Waals surface area (Å²) in [6, 6.07) is 23.3. The Morgan fingerprint density at radius 3 is 2.11 bits per heavy atom. The van der Waals surface area contributed by atoms with Gasteiger partial charge in [0.25, 0.3) is 0 Å². The molecule has 12 heteroatoms. The summed E-state index contributed by atoms with van der Waals surface area (Å²) in [5.41, 5.74) is 5.54. The lowest BCUT2D eigenvalue weighted by molar-refractivity contribution is -0.136. The molecule has 1 heterocycles. The van der Waals surface area contributed by atoms with Crippen LogP contribution < -0.4 is 10.7 Å². The topological polar surface area (TPSA) is 147 Å². The summed E-state index contributed by atoms with van der Waals surface area (Å²) in [6.07, 6.45) is 1.20. The second-order valence-electron chi connectivity index (χ2n) is 9.83. The van der Waals surface area contributed by atoms with E-state index in [1.165, 1.54) is 34.8 Å². The van der Waals surface area contributed by atoms with E-state index in [2.05, 4.69) is 15.8 Å². The number of hydrogen-bond donors (Lipinski definition) is 2. The predicted molar refractivity (Wildman–Crippen MR) is 164 cm³/mol. The van der Waals surface area contributed by atoms with E-state index in [1.807, 2.05) is 38.1 Å². The lowest BCUT2D eigenvalue weighted by Crippen LogP contribution is -2.32. The molecule has 2 amide bonds. The van der Waals surface area contributed by atoms with Gasteiger partial charge in [-0.3, -0.25) is 9.59 Å². The molecule has 0 radical (unpaired) electrons. The molecular weight excluding hydrogens is 584 g/mol. The number of furan rings is 1.